The Bertz CT molecular complexity index is 143. The van der Waals surface area contributed by atoms with Crippen molar-refractivity contribution in [3.8, 4) is 0 Å². The van der Waals surface area contributed by atoms with E-state index in [1.165, 1.54) is 7.11 Å². The molecule has 3 N–H and O–H groups in total. The van der Waals surface area contributed by atoms with E-state index >= 15 is 0 Å². The lowest BCUT2D eigenvalue weighted by Crippen LogP contribution is -2.57. The molecule has 1 fully saturated rings. The van der Waals surface area contributed by atoms with Crippen molar-refractivity contribution < 1.29 is 24.8 Å². The number of hydrogen-bond acceptors (Lipinski definition) is 5. The number of ether oxygens (including phenoxy) is 2. The molecular formula is C8H16O5. The number of rotatable bonds is 2. The largest absolute Gasteiger partial charge is 0.388 e. The molecule has 78 valence electrons. The first-order chi connectivity index (χ1) is 6.11. The molecule has 13 heavy (non-hydrogen) atoms. The molecule has 0 bridgehead atoms. The Balaban J connectivity index is 2.66. The van der Waals surface area contributed by atoms with Gasteiger partial charge in [-0.25, -0.2) is 0 Å². The van der Waals surface area contributed by atoms with Crippen molar-refractivity contribution in [3.05, 3.63) is 0 Å². The van der Waals surface area contributed by atoms with Gasteiger partial charge >= 0.3 is 0 Å². The van der Waals surface area contributed by atoms with Gasteiger partial charge in [-0.1, -0.05) is 6.92 Å². The molecule has 0 saturated carbocycles. The van der Waals surface area contributed by atoms with Crippen molar-refractivity contribution in [1.82, 2.24) is 0 Å². The Morgan fingerprint density at radius 1 is 1.15 bits per heavy atom. The van der Waals surface area contributed by atoms with Crippen LogP contribution >= 0.6 is 0 Å². The summed E-state index contributed by atoms with van der Waals surface area (Å²) >= 11 is 0. The van der Waals surface area contributed by atoms with Crippen LogP contribution in [0.25, 0.3) is 0 Å². The summed E-state index contributed by atoms with van der Waals surface area (Å²) in [5.74, 6) is 0. The molecule has 1 unspecified atom stereocenters. The van der Waals surface area contributed by atoms with Gasteiger partial charge in [0.25, 0.3) is 0 Å². The molecule has 1 aliphatic rings. The van der Waals surface area contributed by atoms with Crippen molar-refractivity contribution >= 4 is 0 Å². The Kier molecular flexibility index (Phi) is 3.63. The third-order valence-electron chi connectivity index (χ3n) is 2.30. The van der Waals surface area contributed by atoms with Crippen molar-refractivity contribution in [2.75, 3.05) is 7.11 Å². The van der Waals surface area contributed by atoms with Gasteiger partial charge in [0.2, 0.25) is 0 Å². The van der Waals surface area contributed by atoms with Gasteiger partial charge in [-0.15, -0.1) is 0 Å². The average molecular weight is 192 g/mol. The Morgan fingerprint density at radius 2 is 1.77 bits per heavy atom. The van der Waals surface area contributed by atoms with Gasteiger partial charge in [0.1, 0.15) is 18.3 Å². The highest BCUT2D eigenvalue weighted by atomic mass is 16.7. The second-order valence-electron chi connectivity index (χ2n) is 3.16. The third-order valence-corrected chi connectivity index (χ3v) is 2.30. The summed E-state index contributed by atoms with van der Waals surface area (Å²) in [6.45, 7) is 1.82. The highest BCUT2D eigenvalue weighted by Crippen LogP contribution is 2.23. The highest BCUT2D eigenvalue weighted by Gasteiger charge is 2.42. The van der Waals surface area contributed by atoms with Gasteiger partial charge in [-0.05, 0) is 6.42 Å². The molecule has 1 saturated heterocycles. The minimum atomic E-state index is -1.20. The molecule has 1 aliphatic heterocycles. The maximum Gasteiger partial charge on any atom is 0.186 e. The van der Waals surface area contributed by atoms with Gasteiger partial charge in [0.05, 0.1) is 6.10 Å². The van der Waals surface area contributed by atoms with Crippen LogP contribution in [0.3, 0.4) is 0 Å². The van der Waals surface area contributed by atoms with E-state index in [1.54, 1.807) is 0 Å². The SMILES string of the molecule is CC[C@H]1OC(OC)[C@H](O)[C@@H](O)[C@@H]1O. The van der Waals surface area contributed by atoms with Gasteiger partial charge in [-0.3, -0.25) is 0 Å². The average Bonchev–Trinajstić information content (AvgIpc) is 2.15. The zero-order valence-corrected chi connectivity index (χ0v) is 7.75. The van der Waals surface area contributed by atoms with Crippen molar-refractivity contribution in [1.29, 1.82) is 0 Å². The third kappa shape index (κ3) is 2.00. The fraction of sp³-hybridized carbons (Fsp3) is 1.00. The molecule has 0 radical (unpaired) electrons. The first-order valence-corrected chi connectivity index (χ1v) is 4.34. The van der Waals surface area contributed by atoms with E-state index < -0.39 is 30.7 Å². The quantitative estimate of drug-likeness (QED) is 0.515. The maximum absolute atomic E-state index is 9.43. The van der Waals surface area contributed by atoms with E-state index in [2.05, 4.69) is 0 Å². The first-order valence-electron chi connectivity index (χ1n) is 4.34. The lowest BCUT2D eigenvalue weighted by Gasteiger charge is -2.39. The zero-order valence-electron chi connectivity index (χ0n) is 7.75. The van der Waals surface area contributed by atoms with Gasteiger partial charge in [0.15, 0.2) is 6.29 Å². The summed E-state index contributed by atoms with van der Waals surface area (Å²) in [6, 6.07) is 0. The summed E-state index contributed by atoms with van der Waals surface area (Å²) in [6.07, 6.45) is -4.23. The van der Waals surface area contributed by atoms with Crippen LogP contribution in [0.5, 0.6) is 0 Å². The smallest absolute Gasteiger partial charge is 0.186 e. The fourth-order valence-corrected chi connectivity index (χ4v) is 1.45. The summed E-state index contributed by atoms with van der Waals surface area (Å²) < 4.78 is 10.0. The standard InChI is InChI=1S/C8H16O5/c1-3-4-5(9)6(10)7(11)8(12-2)13-4/h4-11H,3H2,1-2H3/t4-,5-,6+,7-,8?/m1/s1. The van der Waals surface area contributed by atoms with E-state index in [4.69, 9.17) is 9.47 Å². The molecule has 0 aromatic carbocycles. The summed E-state index contributed by atoms with van der Waals surface area (Å²) in [4.78, 5) is 0. The topological polar surface area (TPSA) is 79.2 Å². The normalized spacial score (nSPS) is 46.4. The Labute approximate surface area is 76.9 Å². The molecule has 1 heterocycles. The Morgan fingerprint density at radius 3 is 2.23 bits per heavy atom. The number of methoxy groups -OCH3 is 1. The summed E-state index contributed by atoms with van der Waals surface area (Å²) in [5.41, 5.74) is 0. The van der Waals surface area contributed by atoms with E-state index in [9.17, 15) is 15.3 Å². The van der Waals surface area contributed by atoms with Crippen LogP contribution in [0.4, 0.5) is 0 Å². The second kappa shape index (κ2) is 4.34. The number of aliphatic hydroxyl groups is 3. The van der Waals surface area contributed by atoms with E-state index in [1.807, 2.05) is 6.92 Å². The van der Waals surface area contributed by atoms with Crippen LogP contribution in [0.15, 0.2) is 0 Å². The summed E-state index contributed by atoms with van der Waals surface area (Å²) in [7, 11) is 1.38. The van der Waals surface area contributed by atoms with Gasteiger partial charge in [0, 0.05) is 7.11 Å². The van der Waals surface area contributed by atoms with Crippen LogP contribution < -0.4 is 0 Å². The van der Waals surface area contributed by atoms with Crippen molar-refractivity contribution in [2.24, 2.45) is 0 Å². The second-order valence-corrected chi connectivity index (χ2v) is 3.16. The van der Waals surface area contributed by atoms with Crippen LogP contribution in [0, 0.1) is 0 Å². The molecule has 5 heteroatoms. The van der Waals surface area contributed by atoms with Crippen LogP contribution in [0.1, 0.15) is 13.3 Å². The van der Waals surface area contributed by atoms with Crippen molar-refractivity contribution in [2.45, 2.75) is 44.1 Å². The minimum Gasteiger partial charge on any atom is -0.388 e. The molecule has 0 aromatic rings. The van der Waals surface area contributed by atoms with E-state index in [0.717, 1.165) is 0 Å². The molecular weight excluding hydrogens is 176 g/mol. The first kappa shape index (κ1) is 10.9. The van der Waals surface area contributed by atoms with Crippen LogP contribution in [-0.4, -0.2) is 53.1 Å². The molecule has 0 spiro atoms. The van der Waals surface area contributed by atoms with Gasteiger partial charge in [-0.2, -0.15) is 0 Å². The predicted molar refractivity (Wildman–Crippen MR) is 44.0 cm³/mol. The van der Waals surface area contributed by atoms with Crippen LogP contribution in [0.2, 0.25) is 0 Å². The Hall–Kier alpha value is -0.200. The fourth-order valence-electron chi connectivity index (χ4n) is 1.45. The number of aliphatic hydroxyl groups excluding tert-OH is 3. The predicted octanol–water partition coefficient (Wildman–Crippen LogP) is -1.15. The maximum atomic E-state index is 9.43. The zero-order chi connectivity index (χ0) is 10.0. The summed E-state index contributed by atoms with van der Waals surface area (Å²) in [5, 5.41) is 28.2. The van der Waals surface area contributed by atoms with Gasteiger partial charge < -0.3 is 24.8 Å². The molecule has 5 nitrogen and oxygen atoms in total. The lowest BCUT2D eigenvalue weighted by molar-refractivity contribution is -0.290. The minimum absolute atomic E-state index is 0.483. The molecule has 0 aromatic heterocycles. The number of hydrogen-bond donors (Lipinski definition) is 3. The molecule has 0 aliphatic carbocycles. The lowest BCUT2D eigenvalue weighted by atomic mass is 9.97. The monoisotopic (exact) mass is 192 g/mol. The van der Waals surface area contributed by atoms with E-state index in [-0.39, 0.29) is 0 Å². The van der Waals surface area contributed by atoms with Crippen molar-refractivity contribution in [3.63, 3.8) is 0 Å². The van der Waals surface area contributed by atoms with E-state index in [0.29, 0.717) is 6.42 Å². The van der Waals surface area contributed by atoms with Crippen LogP contribution in [-0.2, 0) is 9.47 Å². The molecule has 1 rings (SSSR count). The molecule has 0 amide bonds. The highest BCUT2D eigenvalue weighted by molar-refractivity contribution is 4.88. The molecule has 5 atom stereocenters.